The van der Waals surface area contributed by atoms with Crippen LogP contribution in [0.5, 0.6) is 0 Å². The molecule has 0 radical (unpaired) electrons. The minimum atomic E-state index is -0.0967. The van der Waals surface area contributed by atoms with Gasteiger partial charge in [0.15, 0.2) is 0 Å². The van der Waals surface area contributed by atoms with Crippen LogP contribution in [-0.4, -0.2) is 16.9 Å². The summed E-state index contributed by atoms with van der Waals surface area (Å²) in [6.45, 7) is 1.89. The number of rotatable bonds is 4. The van der Waals surface area contributed by atoms with Crippen LogP contribution in [0.25, 0.3) is 10.8 Å². The standard InChI is InChI=1S/C15H16N2OS/c1-10(9-14(16)19)17-15(18)13-8-4-6-11-5-2-3-7-12(11)13/h2-8,10H,9H2,1H3,(H2,16,19)(H,17,18). The summed E-state index contributed by atoms with van der Waals surface area (Å²) in [4.78, 5) is 12.7. The highest BCUT2D eigenvalue weighted by Gasteiger charge is 2.12. The lowest BCUT2D eigenvalue weighted by Crippen LogP contribution is -2.35. The molecular formula is C15H16N2OS. The van der Waals surface area contributed by atoms with Crippen LogP contribution < -0.4 is 11.1 Å². The molecule has 0 fully saturated rings. The van der Waals surface area contributed by atoms with Crippen molar-refractivity contribution in [1.82, 2.24) is 5.32 Å². The molecule has 2 aromatic rings. The van der Waals surface area contributed by atoms with E-state index in [-0.39, 0.29) is 11.9 Å². The molecular weight excluding hydrogens is 256 g/mol. The summed E-state index contributed by atoms with van der Waals surface area (Å²) in [6, 6.07) is 13.5. The van der Waals surface area contributed by atoms with Gasteiger partial charge in [0, 0.05) is 18.0 Å². The number of carbonyl (C=O) groups is 1. The van der Waals surface area contributed by atoms with Crippen molar-refractivity contribution in [2.75, 3.05) is 0 Å². The van der Waals surface area contributed by atoms with Gasteiger partial charge in [-0.15, -0.1) is 0 Å². The van der Waals surface area contributed by atoms with Crippen LogP contribution in [0.4, 0.5) is 0 Å². The van der Waals surface area contributed by atoms with Crippen molar-refractivity contribution in [3.05, 3.63) is 48.0 Å². The van der Waals surface area contributed by atoms with E-state index >= 15 is 0 Å². The van der Waals surface area contributed by atoms with Crippen molar-refractivity contribution in [1.29, 1.82) is 0 Å². The number of hydrogen-bond acceptors (Lipinski definition) is 2. The molecule has 3 nitrogen and oxygen atoms in total. The SMILES string of the molecule is CC(CC(N)=S)NC(=O)c1cccc2ccccc12. The van der Waals surface area contributed by atoms with Crippen LogP contribution in [0.1, 0.15) is 23.7 Å². The summed E-state index contributed by atoms with van der Waals surface area (Å²) in [5.41, 5.74) is 6.15. The molecule has 2 rings (SSSR count). The highest BCUT2D eigenvalue weighted by atomic mass is 32.1. The maximum Gasteiger partial charge on any atom is 0.252 e. The summed E-state index contributed by atoms with van der Waals surface area (Å²) in [5, 5.41) is 4.92. The zero-order valence-corrected chi connectivity index (χ0v) is 11.5. The van der Waals surface area contributed by atoms with Gasteiger partial charge in [-0.05, 0) is 23.8 Å². The van der Waals surface area contributed by atoms with E-state index in [2.05, 4.69) is 5.32 Å². The summed E-state index contributed by atoms with van der Waals surface area (Å²) >= 11 is 4.84. The number of hydrogen-bond donors (Lipinski definition) is 2. The van der Waals surface area contributed by atoms with Crippen LogP contribution in [0.3, 0.4) is 0 Å². The van der Waals surface area contributed by atoms with Crippen LogP contribution >= 0.6 is 12.2 Å². The Labute approximate surface area is 117 Å². The molecule has 0 aliphatic rings. The van der Waals surface area contributed by atoms with Crippen molar-refractivity contribution in [3.8, 4) is 0 Å². The molecule has 19 heavy (non-hydrogen) atoms. The van der Waals surface area contributed by atoms with E-state index in [0.29, 0.717) is 17.0 Å². The summed E-state index contributed by atoms with van der Waals surface area (Å²) in [6.07, 6.45) is 0.506. The number of amides is 1. The van der Waals surface area contributed by atoms with Gasteiger partial charge in [-0.25, -0.2) is 0 Å². The fourth-order valence-corrected chi connectivity index (χ4v) is 2.33. The molecule has 0 heterocycles. The minimum Gasteiger partial charge on any atom is -0.393 e. The Kier molecular flexibility index (Phi) is 4.12. The van der Waals surface area contributed by atoms with Gasteiger partial charge in [0.2, 0.25) is 0 Å². The van der Waals surface area contributed by atoms with E-state index in [0.717, 1.165) is 10.8 Å². The van der Waals surface area contributed by atoms with Gasteiger partial charge < -0.3 is 11.1 Å². The predicted molar refractivity (Wildman–Crippen MR) is 82.3 cm³/mol. The Balaban J connectivity index is 2.24. The molecule has 1 amide bonds. The molecule has 0 saturated heterocycles. The third-order valence-electron chi connectivity index (χ3n) is 2.92. The third-order valence-corrected chi connectivity index (χ3v) is 3.09. The van der Waals surface area contributed by atoms with Gasteiger partial charge in [0.05, 0.1) is 4.99 Å². The zero-order chi connectivity index (χ0) is 13.8. The van der Waals surface area contributed by atoms with E-state index < -0.39 is 0 Å². The number of fused-ring (bicyclic) bond motifs is 1. The van der Waals surface area contributed by atoms with Gasteiger partial charge in [-0.1, -0.05) is 48.6 Å². The van der Waals surface area contributed by atoms with E-state index in [4.69, 9.17) is 18.0 Å². The first-order chi connectivity index (χ1) is 9.08. The third kappa shape index (κ3) is 3.29. The van der Waals surface area contributed by atoms with Gasteiger partial charge >= 0.3 is 0 Å². The van der Waals surface area contributed by atoms with E-state index in [1.54, 1.807) is 0 Å². The quantitative estimate of drug-likeness (QED) is 0.841. The minimum absolute atomic E-state index is 0.0658. The van der Waals surface area contributed by atoms with Crippen LogP contribution in [0, 0.1) is 0 Å². The summed E-state index contributed by atoms with van der Waals surface area (Å²) < 4.78 is 0. The normalized spacial score (nSPS) is 12.1. The number of nitrogens with one attached hydrogen (secondary N) is 1. The van der Waals surface area contributed by atoms with Gasteiger partial charge in [-0.3, -0.25) is 4.79 Å². The Bertz CT molecular complexity index is 619. The van der Waals surface area contributed by atoms with Crippen molar-refractivity contribution in [3.63, 3.8) is 0 Å². The Morgan fingerprint density at radius 3 is 2.68 bits per heavy atom. The molecule has 0 spiro atoms. The molecule has 98 valence electrons. The molecule has 0 saturated carbocycles. The monoisotopic (exact) mass is 272 g/mol. The average Bonchev–Trinajstić information content (AvgIpc) is 2.36. The second kappa shape index (κ2) is 5.80. The van der Waals surface area contributed by atoms with Gasteiger partial charge in [0.25, 0.3) is 5.91 Å². The topological polar surface area (TPSA) is 55.1 Å². The molecule has 2 aromatic carbocycles. The van der Waals surface area contributed by atoms with Crippen LogP contribution in [0.15, 0.2) is 42.5 Å². The Morgan fingerprint density at radius 1 is 1.26 bits per heavy atom. The van der Waals surface area contributed by atoms with E-state index in [1.807, 2.05) is 49.4 Å². The molecule has 0 aliphatic heterocycles. The Morgan fingerprint density at radius 2 is 1.95 bits per heavy atom. The number of carbonyl (C=O) groups excluding carboxylic acids is 1. The number of nitrogens with two attached hydrogens (primary N) is 1. The summed E-state index contributed by atoms with van der Waals surface area (Å²) in [5.74, 6) is -0.0967. The lowest BCUT2D eigenvalue weighted by molar-refractivity contribution is 0.0943. The zero-order valence-electron chi connectivity index (χ0n) is 10.7. The number of thiocarbonyl (C=S) groups is 1. The van der Waals surface area contributed by atoms with Crippen molar-refractivity contribution >= 4 is 33.9 Å². The van der Waals surface area contributed by atoms with Crippen LogP contribution in [0.2, 0.25) is 0 Å². The maximum absolute atomic E-state index is 12.3. The number of benzene rings is 2. The molecule has 1 unspecified atom stereocenters. The van der Waals surface area contributed by atoms with Crippen LogP contribution in [-0.2, 0) is 0 Å². The molecule has 0 aromatic heterocycles. The molecule has 0 bridgehead atoms. The largest absolute Gasteiger partial charge is 0.393 e. The maximum atomic E-state index is 12.3. The highest BCUT2D eigenvalue weighted by Crippen LogP contribution is 2.18. The van der Waals surface area contributed by atoms with E-state index in [9.17, 15) is 4.79 Å². The lowest BCUT2D eigenvalue weighted by atomic mass is 10.0. The molecule has 0 aliphatic carbocycles. The van der Waals surface area contributed by atoms with Crippen molar-refractivity contribution < 1.29 is 4.79 Å². The van der Waals surface area contributed by atoms with Gasteiger partial charge in [-0.2, -0.15) is 0 Å². The summed E-state index contributed by atoms with van der Waals surface area (Å²) in [7, 11) is 0. The molecule has 1 atom stereocenters. The first-order valence-electron chi connectivity index (χ1n) is 6.15. The lowest BCUT2D eigenvalue weighted by Gasteiger charge is -2.14. The highest BCUT2D eigenvalue weighted by molar-refractivity contribution is 7.80. The average molecular weight is 272 g/mol. The Hall–Kier alpha value is -1.94. The fourth-order valence-electron chi connectivity index (χ4n) is 2.08. The second-order valence-corrected chi connectivity index (χ2v) is 5.10. The second-order valence-electron chi connectivity index (χ2n) is 4.57. The first-order valence-corrected chi connectivity index (χ1v) is 6.55. The van der Waals surface area contributed by atoms with Crippen molar-refractivity contribution in [2.24, 2.45) is 5.73 Å². The first kappa shape index (κ1) is 13.5. The molecule has 4 heteroatoms. The smallest absolute Gasteiger partial charge is 0.252 e. The fraction of sp³-hybridized carbons (Fsp3) is 0.200. The molecule has 3 N–H and O–H groups in total. The predicted octanol–water partition coefficient (Wildman–Crippen LogP) is 2.63. The van der Waals surface area contributed by atoms with Gasteiger partial charge in [0.1, 0.15) is 0 Å². The van der Waals surface area contributed by atoms with Crippen molar-refractivity contribution in [2.45, 2.75) is 19.4 Å². The van der Waals surface area contributed by atoms with E-state index in [1.165, 1.54) is 0 Å².